The second-order valence-corrected chi connectivity index (χ2v) is 6.87. The summed E-state index contributed by atoms with van der Waals surface area (Å²) in [5.41, 5.74) is 1.40. The van der Waals surface area contributed by atoms with Crippen molar-refractivity contribution < 1.29 is 4.39 Å². The Morgan fingerprint density at radius 3 is 2.56 bits per heavy atom. The van der Waals surface area contributed by atoms with Crippen LogP contribution in [0.15, 0.2) is 65.5 Å². The SMILES string of the molecule is Cc1nc2sc(-c3ccccc3)cc2c(=O)n1Cc1ccccc1F. The Morgan fingerprint density at radius 2 is 1.80 bits per heavy atom. The number of thiophene rings is 1. The molecule has 0 saturated heterocycles. The van der Waals surface area contributed by atoms with Crippen LogP contribution in [0.2, 0.25) is 0 Å². The van der Waals surface area contributed by atoms with Crippen molar-refractivity contribution in [2.75, 3.05) is 0 Å². The van der Waals surface area contributed by atoms with Gasteiger partial charge in [0.1, 0.15) is 16.5 Å². The Labute approximate surface area is 148 Å². The van der Waals surface area contributed by atoms with Crippen molar-refractivity contribution in [2.24, 2.45) is 0 Å². The zero-order chi connectivity index (χ0) is 17.4. The summed E-state index contributed by atoms with van der Waals surface area (Å²) in [6, 6.07) is 18.3. The Hall–Kier alpha value is -2.79. The molecule has 0 bridgehead atoms. The quantitative estimate of drug-likeness (QED) is 0.540. The highest BCUT2D eigenvalue weighted by molar-refractivity contribution is 7.21. The number of nitrogens with zero attached hydrogens (tertiary/aromatic N) is 2. The summed E-state index contributed by atoms with van der Waals surface area (Å²) in [6.07, 6.45) is 0. The second kappa shape index (κ2) is 6.26. The maximum Gasteiger partial charge on any atom is 0.262 e. The molecule has 124 valence electrons. The first kappa shape index (κ1) is 15.7. The van der Waals surface area contributed by atoms with E-state index in [2.05, 4.69) is 4.98 Å². The molecule has 2 aromatic carbocycles. The lowest BCUT2D eigenvalue weighted by atomic mass is 10.2. The molecule has 0 fully saturated rings. The first-order valence-electron chi connectivity index (χ1n) is 7.93. The highest BCUT2D eigenvalue weighted by Crippen LogP contribution is 2.31. The van der Waals surface area contributed by atoms with E-state index in [0.29, 0.717) is 21.6 Å². The zero-order valence-corrected chi connectivity index (χ0v) is 14.4. The number of benzene rings is 2. The van der Waals surface area contributed by atoms with Crippen molar-refractivity contribution in [3.8, 4) is 10.4 Å². The van der Waals surface area contributed by atoms with Gasteiger partial charge in [0.15, 0.2) is 0 Å². The summed E-state index contributed by atoms with van der Waals surface area (Å²) in [4.78, 5) is 19.2. The maximum atomic E-state index is 13.9. The van der Waals surface area contributed by atoms with Crippen LogP contribution in [0.1, 0.15) is 11.4 Å². The lowest BCUT2D eigenvalue weighted by Crippen LogP contribution is -2.24. The third kappa shape index (κ3) is 2.87. The summed E-state index contributed by atoms with van der Waals surface area (Å²) < 4.78 is 15.5. The Balaban J connectivity index is 1.84. The van der Waals surface area contributed by atoms with Gasteiger partial charge in [-0.25, -0.2) is 9.37 Å². The number of aryl methyl sites for hydroxylation is 1. The van der Waals surface area contributed by atoms with Crippen molar-refractivity contribution in [1.29, 1.82) is 0 Å². The molecule has 25 heavy (non-hydrogen) atoms. The molecule has 3 nitrogen and oxygen atoms in total. The lowest BCUT2D eigenvalue weighted by Gasteiger charge is -2.10. The Morgan fingerprint density at radius 1 is 1.08 bits per heavy atom. The van der Waals surface area contributed by atoms with Gasteiger partial charge in [-0.05, 0) is 24.6 Å². The van der Waals surface area contributed by atoms with Gasteiger partial charge in [-0.3, -0.25) is 9.36 Å². The topological polar surface area (TPSA) is 34.9 Å². The monoisotopic (exact) mass is 350 g/mol. The number of aromatic nitrogens is 2. The fourth-order valence-corrected chi connectivity index (χ4v) is 3.92. The van der Waals surface area contributed by atoms with Gasteiger partial charge < -0.3 is 0 Å². The number of rotatable bonds is 3. The highest BCUT2D eigenvalue weighted by Gasteiger charge is 2.14. The lowest BCUT2D eigenvalue weighted by molar-refractivity contribution is 0.591. The van der Waals surface area contributed by atoms with E-state index < -0.39 is 0 Å². The normalized spacial score (nSPS) is 11.1. The van der Waals surface area contributed by atoms with Crippen molar-refractivity contribution in [3.63, 3.8) is 0 Å². The summed E-state index contributed by atoms with van der Waals surface area (Å²) in [7, 11) is 0. The van der Waals surface area contributed by atoms with Gasteiger partial charge in [-0.15, -0.1) is 11.3 Å². The minimum Gasteiger partial charge on any atom is -0.292 e. The van der Waals surface area contributed by atoms with Crippen LogP contribution in [0.4, 0.5) is 4.39 Å². The number of fused-ring (bicyclic) bond motifs is 1. The second-order valence-electron chi connectivity index (χ2n) is 5.84. The van der Waals surface area contributed by atoms with Gasteiger partial charge in [0.2, 0.25) is 0 Å². The molecule has 2 aromatic heterocycles. The van der Waals surface area contributed by atoms with Crippen LogP contribution in [0.25, 0.3) is 20.7 Å². The van der Waals surface area contributed by atoms with E-state index in [-0.39, 0.29) is 17.9 Å². The van der Waals surface area contributed by atoms with Crippen molar-refractivity contribution >= 4 is 21.6 Å². The molecule has 0 atom stereocenters. The van der Waals surface area contributed by atoms with Crippen LogP contribution in [0.3, 0.4) is 0 Å². The van der Waals surface area contributed by atoms with E-state index >= 15 is 0 Å². The maximum absolute atomic E-state index is 13.9. The number of halogens is 1. The Kier molecular flexibility index (Phi) is 3.93. The van der Waals surface area contributed by atoms with Gasteiger partial charge in [-0.1, -0.05) is 48.5 Å². The smallest absolute Gasteiger partial charge is 0.262 e. The van der Waals surface area contributed by atoms with Crippen molar-refractivity contribution in [1.82, 2.24) is 9.55 Å². The van der Waals surface area contributed by atoms with Crippen LogP contribution in [-0.4, -0.2) is 9.55 Å². The molecule has 0 amide bonds. The molecule has 4 aromatic rings. The van der Waals surface area contributed by atoms with E-state index in [0.717, 1.165) is 10.4 Å². The molecule has 0 unspecified atom stereocenters. The van der Waals surface area contributed by atoms with Gasteiger partial charge in [0.05, 0.1) is 11.9 Å². The van der Waals surface area contributed by atoms with Crippen LogP contribution in [0.5, 0.6) is 0 Å². The molecule has 0 radical (unpaired) electrons. The molecule has 0 saturated carbocycles. The molecule has 4 rings (SSSR count). The summed E-state index contributed by atoms with van der Waals surface area (Å²) in [5.74, 6) is 0.270. The number of hydrogen-bond donors (Lipinski definition) is 0. The fourth-order valence-electron chi connectivity index (χ4n) is 2.85. The van der Waals surface area contributed by atoms with E-state index in [1.807, 2.05) is 36.4 Å². The van der Waals surface area contributed by atoms with E-state index in [9.17, 15) is 9.18 Å². The minimum atomic E-state index is -0.316. The van der Waals surface area contributed by atoms with E-state index in [1.165, 1.54) is 22.0 Å². The largest absolute Gasteiger partial charge is 0.292 e. The zero-order valence-electron chi connectivity index (χ0n) is 13.6. The fraction of sp³-hybridized carbons (Fsp3) is 0.100. The average Bonchev–Trinajstić information content (AvgIpc) is 3.05. The Bertz CT molecular complexity index is 1120. The molecule has 0 aliphatic heterocycles. The summed E-state index contributed by atoms with van der Waals surface area (Å²) in [6.45, 7) is 1.96. The summed E-state index contributed by atoms with van der Waals surface area (Å²) >= 11 is 1.50. The van der Waals surface area contributed by atoms with Gasteiger partial charge >= 0.3 is 0 Å². The number of hydrogen-bond acceptors (Lipinski definition) is 3. The van der Waals surface area contributed by atoms with E-state index in [4.69, 9.17) is 0 Å². The third-order valence-corrected chi connectivity index (χ3v) is 5.26. The first-order valence-corrected chi connectivity index (χ1v) is 8.75. The predicted octanol–water partition coefficient (Wildman–Crippen LogP) is 4.62. The molecular weight excluding hydrogens is 335 g/mol. The van der Waals surface area contributed by atoms with Crippen LogP contribution in [0, 0.1) is 12.7 Å². The van der Waals surface area contributed by atoms with Crippen LogP contribution < -0.4 is 5.56 Å². The van der Waals surface area contributed by atoms with E-state index in [1.54, 1.807) is 25.1 Å². The van der Waals surface area contributed by atoms with Gasteiger partial charge in [0, 0.05) is 10.4 Å². The van der Waals surface area contributed by atoms with Crippen LogP contribution in [-0.2, 0) is 6.54 Å². The van der Waals surface area contributed by atoms with Crippen molar-refractivity contribution in [2.45, 2.75) is 13.5 Å². The molecule has 0 aliphatic rings. The standard InChI is InChI=1S/C20H15FN2OS/c1-13-22-19-16(11-18(25-19)14-7-3-2-4-8-14)20(24)23(13)12-15-9-5-6-10-17(15)21/h2-11H,12H2,1H3. The molecular formula is C20H15FN2OS. The summed E-state index contributed by atoms with van der Waals surface area (Å²) in [5, 5.41) is 0.575. The average molecular weight is 350 g/mol. The molecule has 0 aliphatic carbocycles. The predicted molar refractivity (Wildman–Crippen MR) is 99.6 cm³/mol. The van der Waals surface area contributed by atoms with Crippen LogP contribution >= 0.6 is 11.3 Å². The molecule has 0 spiro atoms. The molecule has 0 N–H and O–H groups in total. The minimum absolute atomic E-state index is 0.135. The van der Waals surface area contributed by atoms with Crippen molar-refractivity contribution in [3.05, 3.63) is 88.2 Å². The molecule has 5 heteroatoms. The third-order valence-electron chi connectivity index (χ3n) is 4.19. The molecule has 2 heterocycles. The highest BCUT2D eigenvalue weighted by atomic mass is 32.1. The van der Waals surface area contributed by atoms with Gasteiger partial charge in [-0.2, -0.15) is 0 Å². The first-order chi connectivity index (χ1) is 12.1. The van der Waals surface area contributed by atoms with Gasteiger partial charge in [0.25, 0.3) is 5.56 Å².